The molecule has 0 saturated heterocycles. The Morgan fingerprint density at radius 2 is 2.33 bits per heavy atom. The molecule has 0 amide bonds. The van der Waals surface area contributed by atoms with Crippen molar-refractivity contribution in [2.45, 2.75) is 31.4 Å². The molecule has 0 unspecified atom stereocenters. The second-order valence-electron chi connectivity index (χ2n) is 4.05. The van der Waals surface area contributed by atoms with Gasteiger partial charge in [-0.25, -0.2) is 0 Å². The maximum atomic E-state index is 5.86. The van der Waals surface area contributed by atoms with Crippen LogP contribution in [-0.4, -0.2) is 19.3 Å². The number of rotatable bonds is 5. The first-order valence-electron chi connectivity index (χ1n) is 5.24. The van der Waals surface area contributed by atoms with E-state index in [0.717, 1.165) is 17.4 Å². The summed E-state index contributed by atoms with van der Waals surface area (Å²) in [5.74, 6) is 0. The zero-order valence-electron chi connectivity index (χ0n) is 8.88. The van der Waals surface area contributed by atoms with Crippen LogP contribution >= 0.6 is 22.9 Å². The van der Waals surface area contributed by atoms with Crippen LogP contribution in [0.1, 0.15) is 24.1 Å². The lowest BCUT2D eigenvalue weighted by Crippen LogP contribution is -2.47. The van der Waals surface area contributed by atoms with Crippen LogP contribution in [0.5, 0.6) is 0 Å². The Balaban J connectivity index is 1.74. The summed E-state index contributed by atoms with van der Waals surface area (Å²) < 4.78 is 6.39. The maximum Gasteiger partial charge on any atom is 0.0931 e. The zero-order chi connectivity index (χ0) is 10.7. The minimum atomic E-state index is 0.112. The normalized spacial score (nSPS) is 18.8. The van der Waals surface area contributed by atoms with Gasteiger partial charge in [0.2, 0.25) is 0 Å². The van der Waals surface area contributed by atoms with Gasteiger partial charge in [0.1, 0.15) is 0 Å². The molecule has 84 valence electrons. The van der Waals surface area contributed by atoms with Gasteiger partial charge in [-0.3, -0.25) is 0 Å². The minimum Gasteiger partial charge on any atom is -0.377 e. The van der Waals surface area contributed by atoms with Crippen molar-refractivity contribution in [1.82, 2.24) is 5.32 Å². The lowest BCUT2D eigenvalue weighted by molar-refractivity contribution is -0.0695. The van der Waals surface area contributed by atoms with Crippen molar-refractivity contribution in [3.05, 3.63) is 21.3 Å². The van der Waals surface area contributed by atoms with Crippen molar-refractivity contribution in [3.8, 4) is 0 Å². The summed E-state index contributed by atoms with van der Waals surface area (Å²) in [5.41, 5.74) is 0.112. The van der Waals surface area contributed by atoms with Crippen molar-refractivity contribution in [2.75, 3.05) is 13.7 Å². The van der Waals surface area contributed by atoms with Crippen LogP contribution < -0.4 is 5.32 Å². The molecule has 1 aliphatic rings. The smallest absolute Gasteiger partial charge is 0.0931 e. The van der Waals surface area contributed by atoms with E-state index in [1.807, 2.05) is 13.2 Å². The van der Waals surface area contributed by atoms with E-state index in [4.69, 9.17) is 16.3 Å². The molecule has 1 aliphatic carbocycles. The number of ether oxygens (including phenoxy) is 1. The van der Waals surface area contributed by atoms with E-state index in [2.05, 4.69) is 11.4 Å². The fraction of sp³-hybridized carbons (Fsp3) is 0.636. The summed E-state index contributed by atoms with van der Waals surface area (Å²) in [7, 11) is 1.81. The Bertz CT molecular complexity index is 317. The molecule has 1 aromatic heterocycles. The van der Waals surface area contributed by atoms with Gasteiger partial charge >= 0.3 is 0 Å². The lowest BCUT2D eigenvalue weighted by atomic mass is 9.80. The van der Waals surface area contributed by atoms with Gasteiger partial charge in [0.05, 0.1) is 9.94 Å². The SMILES string of the molecule is COC1(CNCc2ccc(Cl)s2)CCC1. The first-order chi connectivity index (χ1) is 7.24. The molecule has 2 nitrogen and oxygen atoms in total. The van der Waals surface area contributed by atoms with Gasteiger partial charge in [-0.05, 0) is 31.4 Å². The monoisotopic (exact) mass is 245 g/mol. The van der Waals surface area contributed by atoms with Gasteiger partial charge < -0.3 is 10.1 Å². The van der Waals surface area contributed by atoms with Gasteiger partial charge in [-0.1, -0.05) is 11.6 Å². The average Bonchev–Trinajstić information content (AvgIpc) is 2.56. The number of nitrogens with one attached hydrogen (secondary N) is 1. The van der Waals surface area contributed by atoms with E-state index in [1.165, 1.54) is 24.1 Å². The summed E-state index contributed by atoms with van der Waals surface area (Å²) in [6.07, 6.45) is 3.66. The van der Waals surface area contributed by atoms with Crippen LogP contribution in [0, 0.1) is 0 Å². The summed E-state index contributed by atoms with van der Waals surface area (Å²) in [6.45, 7) is 1.83. The summed E-state index contributed by atoms with van der Waals surface area (Å²) in [5, 5.41) is 3.44. The molecule has 1 heterocycles. The molecule has 0 atom stereocenters. The van der Waals surface area contributed by atoms with Crippen LogP contribution in [0.25, 0.3) is 0 Å². The quantitative estimate of drug-likeness (QED) is 0.861. The van der Waals surface area contributed by atoms with Crippen LogP contribution in [0.3, 0.4) is 0 Å². The predicted molar refractivity (Wildman–Crippen MR) is 64.6 cm³/mol. The largest absolute Gasteiger partial charge is 0.377 e. The summed E-state index contributed by atoms with van der Waals surface area (Å²) in [6, 6.07) is 4.01. The number of hydrogen-bond acceptors (Lipinski definition) is 3. The molecule has 4 heteroatoms. The lowest BCUT2D eigenvalue weighted by Gasteiger charge is -2.40. The molecule has 0 spiro atoms. The highest BCUT2D eigenvalue weighted by Crippen LogP contribution is 2.34. The average molecular weight is 246 g/mol. The maximum absolute atomic E-state index is 5.86. The van der Waals surface area contributed by atoms with Crippen LogP contribution in [-0.2, 0) is 11.3 Å². The van der Waals surface area contributed by atoms with Gasteiger partial charge in [0.25, 0.3) is 0 Å². The Hall–Kier alpha value is -0.0900. The van der Waals surface area contributed by atoms with E-state index in [9.17, 15) is 0 Å². The third kappa shape index (κ3) is 2.72. The molecular formula is C11H16ClNOS. The third-order valence-corrected chi connectivity index (χ3v) is 4.30. The molecule has 1 aromatic rings. The van der Waals surface area contributed by atoms with Crippen molar-refractivity contribution in [3.63, 3.8) is 0 Å². The molecule has 1 N–H and O–H groups in total. The summed E-state index contributed by atoms with van der Waals surface area (Å²) in [4.78, 5) is 1.28. The molecule has 0 aromatic carbocycles. The zero-order valence-corrected chi connectivity index (χ0v) is 10.5. The highest BCUT2D eigenvalue weighted by Gasteiger charge is 2.36. The summed E-state index contributed by atoms with van der Waals surface area (Å²) >= 11 is 7.49. The Morgan fingerprint density at radius 3 is 2.80 bits per heavy atom. The Labute approximate surface area is 99.6 Å². The van der Waals surface area contributed by atoms with Gasteiger partial charge in [0.15, 0.2) is 0 Å². The van der Waals surface area contributed by atoms with Crippen molar-refractivity contribution < 1.29 is 4.74 Å². The minimum absolute atomic E-state index is 0.112. The highest BCUT2D eigenvalue weighted by atomic mass is 35.5. The van der Waals surface area contributed by atoms with E-state index in [1.54, 1.807) is 11.3 Å². The molecular weight excluding hydrogens is 230 g/mol. The number of hydrogen-bond donors (Lipinski definition) is 1. The molecule has 1 fully saturated rings. The molecule has 15 heavy (non-hydrogen) atoms. The topological polar surface area (TPSA) is 21.3 Å². The second-order valence-corrected chi connectivity index (χ2v) is 5.85. The number of halogens is 1. The first kappa shape index (κ1) is 11.4. The molecule has 1 saturated carbocycles. The van der Waals surface area contributed by atoms with E-state index in [0.29, 0.717) is 0 Å². The van der Waals surface area contributed by atoms with E-state index >= 15 is 0 Å². The van der Waals surface area contributed by atoms with E-state index in [-0.39, 0.29) is 5.60 Å². The van der Waals surface area contributed by atoms with Crippen LogP contribution in [0.15, 0.2) is 12.1 Å². The molecule has 0 radical (unpaired) electrons. The number of thiophene rings is 1. The molecule has 0 aliphatic heterocycles. The highest BCUT2D eigenvalue weighted by molar-refractivity contribution is 7.16. The van der Waals surface area contributed by atoms with Crippen molar-refractivity contribution in [1.29, 1.82) is 0 Å². The van der Waals surface area contributed by atoms with Crippen molar-refractivity contribution >= 4 is 22.9 Å². The third-order valence-electron chi connectivity index (χ3n) is 3.07. The van der Waals surface area contributed by atoms with Crippen LogP contribution in [0.2, 0.25) is 4.34 Å². The fourth-order valence-corrected chi connectivity index (χ4v) is 2.94. The van der Waals surface area contributed by atoms with Gasteiger partial charge in [0, 0.05) is 25.1 Å². The van der Waals surface area contributed by atoms with Gasteiger partial charge in [-0.15, -0.1) is 11.3 Å². The predicted octanol–water partition coefficient (Wildman–Crippen LogP) is 3.06. The second kappa shape index (κ2) is 4.83. The van der Waals surface area contributed by atoms with E-state index < -0.39 is 0 Å². The molecule has 2 rings (SSSR count). The van der Waals surface area contributed by atoms with Crippen LogP contribution in [0.4, 0.5) is 0 Å². The fourth-order valence-electron chi connectivity index (χ4n) is 1.88. The van der Waals surface area contributed by atoms with Gasteiger partial charge in [-0.2, -0.15) is 0 Å². The number of methoxy groups -OCH3 is 1. The molecule has 0 bridgehead atoms. The standard InChI is InChI=1S/C11H16ClNOS/c1-14-11(5-2-6-11)8-13-7-9-3-4-10(12)15-9/h3-4,13H,2,5-8H2,1H3. The Morgan fingerprint density at radius 1 is 1.53 bits per heavy atom. The van der Waals surface area contributed by atoms with Crippen molar-refractivity contribution in [2.24, 2.45) is 0 Å². The Kier molecular flexibility index (Phi) is 3.67. The first-order valence-corrected chi connectivity index (χ1v) is 6.44.